The van der Waals surface area contributed by atoms with Gasteiger partial charge in [-0.15, -0.1) is 0 Å². The van der Waals surface area contributed by atoms with E-state index in [1.54, 1.807) is 6.92 Å². The smallest absolute Gasteiger partial charge is 0.405 e. The number of allylic oxidation sites excluding steroid dienone is 2. The number of carbonyl (C=O) groups excluding carboxylic acids is 1. The van der Waals surface area contributed by atoms with Crippen molar-refractivity contribution in [1.82, 2.24) is 0 Å². The van der Waals surface area contributed by atoms with Crippen LogP contribution in [0.5, 0.6) is 0 Å². The number of hydrogen-bond donors (Lipinski definition) is 1. The van der Waals surface area contributed by atoms with Gasteiger partial charge in [0.05, 0.1) is 17.4 Å². The Morgan fingerprint density at radius 2 is 2.53 bits per heavy atom. The number of ether oxygens (including phenoxy) is 1. The van der Waals surface area contributed by atoms with Crippen LogP contribution in [0.1, 0.15) is 19.8 Å². The average molecular weight is 213 g/mol. The molecule has 1 aliphatic carbocycles. The van der Waals surface area contributed by atoms with Gasteiger partial charge in [0.1, 0.15) is 11.5 Å². The maximum atomic E-state index is 11.4. The molecule has 0 radical (unpaired) electrons. The van der Waals surface area contributed by atoms with Crippen LogP contribution in [-0.2, 0) is 14.4 Å². The van der Waals surface area contributed by atoms with Crippen LogP contribution in [-0.4, -0.2) is 28.3 Å². The molecule has 0 amide bonds. The highest BCUT2D eigenvalue weighted by molar-refractivity contribution is 6.36. The molecule has 0 saturated carbocycles. The van der Waals surface area contributed by atoms with Crippen LogP contribution in [0.25, 0.3) is 0 Å². The highest BCUT2D eigenvalue weighted by Crippen LogP contribution is 2.36. The summed E-state index contributed by atoms with van der Waals surface area (Å²) >= 11 is 0. The minimum atomic E-state index is -0.679. The first-order chi connectivity index (χ1) is 7.15. The van der Waals surface area contributed by atoms with E-state index in [9.17, 15) is 15.1 Å². The third kappa shape index (κ3) is 1.42. The van der Waals surface area contributed by atoms with Gasteiger partial charge >= 0.3 is 11.7 Å². The molecule has 1 atom stereocenters. The SMILES string of the molecule is CCOC(=O)C1=[N+]([O-])OC2=C(O)CCC21. The molecular weight excluding hydrogens is 202 g/mol. The Hall–Kier alpha value is -1.72. The molecule has 6 nitrogen and oxygen atoms in total. The molecule has 0 aromatic rings. The molecule has 0 fully saturated rings. The van der Waals surface area contributed by atoms with E-state index in [1.807, 2.05) is 0 Å². The molecule has 82 valence electrons. The molecule has 1 unspecified atom stereocenters. The molecular formula is C9H11NO5. The van der Waals surface area contributed by atoms with Gasteiger partial charge in [0.15, 0.2) is 0 Å². The van der Waals surface area contributed by atoms with Crippen LogP contribution < -0.4 is 0 Å². The van der Waals surface area contributed by atoms with E-state index in [1.165, 1.54) is 0 Å². The van der Waals surface area contributed by atoms with Gasteiger partial charge in [-0.25, -0.2) is 4.79 Å². The van der Waals surface area contributed by atoms with Gasteiger partial charge in [-0.3, -0.25) is 5.21 Å². The molecule has 0 aromatic heterocycles. The lowest BCUT2D eigenvalue weighted by Crippen LogP contribution is -2.27. The highest BCUT2D eigenvalue weighted by atomic mass is 16.9. The zero-order valence-corrected chi connectivity index (χ0v) is 8.23. The lowest BCUT2D eigenvalue weighted by Gasteiger charge is -2.01. The van der Waals surface area contributed by atoms with Crippen LogP contribution >= 0.6 is 0 Å². The Balaban J connectivity index is 2.25. The maximum Gasteiger partial charge on any atom is 0.405 e. The molecule has 15 heavy (non-hydrogen) atoms. The second-order valence-electron chi connectivity index (χ2n) is 3.36. The fourth-order valence-electron chi connectivity index (χ4n) is 1.80. The van der Waals surface area contributed by atoms with Crippen LogP contribution in [0.3, 0.4) is 0 Å². The largest absolute Gasteiger partial charge is 0.511 e. The molecule has 2 rings (SSSR count). The van der Waals surface area contributed by atoms with Gasteiger partial charge in [-0.2, -0.15) is 0 Å². The van der Waals surface area contributed by atoms with Crippen LogP contribution in [0.15, 0.2) is 11.5 Å². The van der Waals surface area contributed by atoms with Gasteiger partial charge in [0.2, 0.25) is 0 Å². The summed E-state index contributed by atoms with van der Waals surface area (Å²) in [4.78, 5) is 16.3. The number of carbonyl (C=O) groups is 1. The minimum absolute atomic E-state index is 0.0418. The van der Waals surface area contributed by atoms with Crippen LogP contribution in [0.4, 0.5) is 0 Å². The monoisotopic (exact) mass is 213 g/mol. The van der Waals surface area contributed by atoms with E-state index in [2.05, 4.69) is 0 Å². The van der Waals surface area contributed by atoms with Crippen molar-refractivity contribution >= 4 is 11.7 Å². The topological polar surface area (TPSA) is 81.8 Å². The number of aliphatic hydroxyl groups excluding tert-OH is 1. The number of rotatable bonds is 2. The normalized spacial score (nSPS) is 24.2. The second kappa shape index (κ2) is 3.45. The molecule has 2 aliphatic rings. The van der Waals surface area contributed by atoms with Crippen molar-refractivity contribution in [2.45, 2.75) is 19.8 Å². The summed E-state index contributed by atoms with van der Waals surface area (Å²) in [6, 6.07) is 0. The van der Waals surface area contributed by atoms with Crippen LogP contribution in [0, 0.1) is 11.1 Å². The molecule has 1 heterocycles. The molecule has 0 aromatic carbocycles. The zero-order chi connectivity index (χ0) is 11.0. The van der Waals surface area contributed by atoms with Gasteiger partial charge in [-0.05, 0) is 13.3 Å². The van der Waals surface area contributed by atoms with Crippen molar-refractivity contribution in [2.75, 3.05) is 6.61 Å². The van der Waals surface area contributed by atoms with Gasteiger partial charge < -0.3 is 14.7 Å². The lowest BCUT2D eigenvalue weighted by molar-refractivity contribution is -0.717. The van der Waals surface area contributed by atoms with E-state index < -0.39 is 11.9 Å². The molecule has 6 heteroatoms. The van der Waals surface area contributed by atoms with Gasteiger partial charge in [0, 0.05) is 6.42 Å². The minimum Gasteiger partial charge on any atom is -0.511 e. The predicted molar refractivity (Wildman–Crippen MR) is 48.7 cm³/mol. The van der Waals surface area contributed by atoms with E-state index in [-0.39, 0.29) is 28.7 Å². The summed E-state index contributed by atoms with van der Waals surface area (Å²) in [7, 11) is 0. The molecule has 1 aliphatic heterocycles. The van der Waals surface area contributed by atoms with Crippen LogP contribution in [0.2, 0.25) is 0 Å². The van der Waals surface area contributed by atoms with E-state index in [0.29, 0.717) is 12.8 Å². The van der Waals surface area contributed by atoms with Gasteiger partial charge in [-0.1, -0.05) is 0 Å². The van der Waals surface area contributed by atoms with E-state index >= 15 is 0 Å². The van der Waals surface area contributed by atoms with E-state index in [0.717, 1.165) is 0 Å². The lowest BCUT2D eigenvalue weighted by atomic mass is 10.0. The first kappa shape index (κ1) is 9.82. The van der Waals surface area contributed by atoms with Crippen molar-refractivity contribution in [3.63, 3.8) is 0 Å². The number of aliphatic hydroxyl groups is 1. The molecule has 0 spiro atoms. The zero-order valence-electron chi connectivity index (χ0n) is 8.23. The molecule has 0 saturated heterocycles. The fraction of sp³-hybridized carbons (Fsp3) is 0.556. The summed E-state index contributed by atoms with van der Waals surface area (Å²) < 4.78 is 4.74. The summed E-state index contributed by atoms with van der Waals surface area (Å²) in [6.45, 7) is 1.86. The number of esters is 1. The van der Waals surface area contributed by atoms with Crippen molar-refractivity contribution < 1.29 is 24.4 Å². The average Bonchev–Trinajstić information content (AvgIpc) is 2.67. The fourth-order valence-corrected chi connectivity index (χ4v) is 1.80. The van der Waals surface area contributed by atoms with E-state index in [4.69, 9.17) is 9.57 Å². The first-order valence-corrected chi connectivity index (χ1v) is 4.76. The second-order valence-corrected chi connectivity index (χ2v) is 3.36. The van der Waals surface area contributed by atoms with Crippen molar-refractivity contribution in [3.8, 4) is 0 Å². The summed E-state index contributed by atoms with van der Waals surface area (Å²) in [5, 5.41) is 20.6. The Morgan fingerprint density at radius 1 is 1.80 bits per heavy atom. The Kier molecular flexibility index (Phi) is 2.26. The number of hydrogen-bond acceptors (Lipinski definition) is 5. The summed E-state index contributed by atoms with van der Waals surface area (Å²) in [5.74, 6) is -0.892. The summed E-state index contributed by atoms with van der Waals surface area (Å²) in [5.41, 5.74) is -0.0732. The first-order valence-electron chi connectivity index (χ1n) is 4.76. The number of fused-ring (bicyclic) bond motifs is 1. The third-order valence-electron chi connectivity index (χ3n) is 2.46. The van der Waals surface area contributed by atoms with Gasteiger partial charge in [0.25, 0.3) is 0 Å². The standard InChI is InChI=1S/C9H11NO5/c1-2-14-9(12)7-5-3-4-6(11)8(5)15-10(7)13/h5,11H,2-4H2,1H3. The molecule has 1 N–H and O–H groups in total. The summed E-state index contributed by atoms with van der Waals surface area (Å²) in [6.07, 6.45) is 0.935. The van der Waals surface area contributed by atoms with Crippen molar-refractivity contribution in [2.24, 2.45) is 5.92 Å². The number of nitrogens with zero attached hydrogens (tertiary/aromatic N) is 1. The van der Waals surface area contributed by atoms with Crippen molar-refractivity contribution in [3.05, 3.63) is 16.7 Å². The quantitative estimate of drug-likeness (QED) is 0.537. The molecule has 0 bridgehead atoms. The maximum absolute atomic E-state index is 11.4. The Morgan fingerprint density at radius 3 is 3.20 bits per heavy atom. The Labute approximate surface area is 85.9 Å². The predicted octanol–water partition coefficient (Wildman–Crippen LogP) is 0.626. The third-order valence-corrected chi connectivity index (χ3v) is 2.46. The Bertz CT molecular complexity index is 371. The highest BCUT2D eigenvalue weighted by Gasteiger charge is 2.46. The van der Waals surface area contributed by atoms with Crippen molar-refractivity contribution in [1.29, 1.82) is 0 Å².